The average Bonchev–Trinajstić information content (AvgIpc) is 3.12. The van der Waals surface area contributed by atoms with Gasteiger partial charge in [-0.25, -0.2) is 0 Å². The van der Waals surface area contributed by atoms with E-state index in [2.05, 4.69) is 11.8 Å². The van der Waals surface area contributed by atoms with Crippen LogP contribution in [0.25, 0.3) is 0 Å². The van der Waals surface area contributed by atoms with Crippen LogP contribution in [0.1, 0.15) is 51.9 Å². The van der Waals surface area contributed by atoms with Gasteiger partial charge in [-0.3, -0.25) is 9.69 Å². The first-order valence-corrected chi connectivity index (χ1v) is 10.6. The number of carbonyl (C=O) groups is 1. The Hall–Kier alpha value is -0.650. The van der Waals surface area contributed by atoms with Crippen molar-refractivity contribution in [2.24, 2.45) is 23.2 Å². The summed E-state index contributed by atoms with van der Waals surface area (Å²) in [5.41, 5.74) is 0.428. The fraction of sp³-hybridized carbons (Fsp3) is 0.952. The molecule has 0 aromatic carbocycles. The second-order valence-corrected chi connectivity index (χ2v) is 9.85. The van der Waals surface area contributed by atoms with E-state index in [9.17, 15) is 4.79 Å². The summed E-state index contributed by atoms with van der Waals surface area (Å²) in [6.45, 7) is 6.07. The van der Waals surface area contributed by atoms with Crippen LogP contribution in [0.5, 0.6) is 0 Å². The van der Waals surface area contributed by atoms with Crippen molar-refractivity contribution in [2.75, 3.05) is 33.4 Å². The van der Waals surface area contributed by atoms with Gasteiger partial charge in [0.1, 0.15) is 6.10 Å². The molecule has 26 heavy (non-hydrogen) atoms. The highest BCUT2D eigenvalue weighted by molar-refractivity contribution is 5.75. The predicted octanol–water partition coefficient (Wildman–Crippen LogP) is 2.62. The van der Waals surface area contributed by atoms with Crippen molar-refractivity contribution < 1.29 is 19.0 Å². The molecule has 0 aromatic rings. The smallest absolute Gasteiger partial charge is 0.310 e. The lowest BCUT2D eigenvalue weighted by Gasteiger charge is -2.51. The molecule has 5 rings (SSSR count). The van der Waals surface area contributed by atoms with Crippen molar-refractivity contribution in [1.29, 1.82) is 0 Å². The van der Waals surface area contributed by atoms with Crippen molar-refractivity contribution in [2.45, 2.75) is 69.6 Å². The minimum absolute atomic E-state index is 0.0414. The first-order chi connectivity index (χ1) is 12.5. The summed E-state index contributed by atoms with van der Waals surface area (Å²) < 4.78 is 17.4. The van der Waals surface area contributed by atoms with Gasteiger partial charge < -0.3 is 14.2 Å². The third-order valence-corrected chi connectivity index (χ3v) is 8.37. The van der Waals surface area contributed by atoms with Crippen LogP contribution < -0.4 is 0 Å². The van der Waals surface area contributed by atoms with Gasteiger partial charge in [-0.1, -0.05) is 6.92 Å². The molecule has 3 aliphatic heterocycles. The number of fused-ring (bicyclic) bond motifs is 3. The fourth-order valence-electron chi connectivity index (χ4n) is 6.93. The van der Waals surface area contributed by atoms with Crippen molar-refractivity contribution in [3.63, 3.8) is 0 Å². The lowest BCUT2D eigenvalue weighted by atomic mass is 9.53. The molecule has 5 nitrogen and oxygen atoms in total. The van der Waals surface area contributed by atoms with Gasteiger partial charge in [0.2, 0.25) is 0 Å². The molecular weight excluding hydrogens is 330 g/mol. The molecule has 0 unspecified atom stereocenters. The number of carbonyl (C=O) groups excluding carboxylic acids is 1. The number of methoxy groups -OCH3 is 1. The van der Waals surface area contributed by atoms with Crippen LogP contribution in [0.15, 0.2) is 0 Å². The summed E-state index contributed by atoms with van der Waals surface area (Å²) in [5, 5.41) is 0. The molecule has 2 aliphatic carbocycles. The van der Waals surface area contributed by atoms with E-state index in [4.69, 9.17) is 14.2 Å². The highest BCUT2D eigenvalue weighted by Gasteiger charge is 2.65. The van der Waals surface area contributed by atoms with Crippen LogP contribution in [-0.2, 0) is 19.0 Å². The highest BCUT2D eigenvalue weighted by Crippen LogP contribution is 2.62. The van der Waals surface area contributed by atoms with E-state index in [1.54, 1.807) is 7.11 Å². The van der Waals surface area contributed by atoms with E-state index in [-0.39, 0.29) is 29.0 Å². The Kier molecular flexibility index (Phi) is 4.15. The first-order valence-electron chi connectivity index (χ1n) is 10.6. The van der Waals surface area contributed by atoms with Gasteiger partial charge in [0.05, 0.1) is 24.7 Å². The van der Waals surface area contributed by atoms with E-state index in [0.29, 0.717) is 17.9 Å². The van der Waals surface area contributed by atoms with E-state index < -0.39 is 0 Å². The lowest BCUT2D eigenvalue weighted by molar-refractivity contribution is -0.147. The second kappa shape index (κ2) is 6.18. The van der Waals surface area contributed by atoms with Crippen LogP contribution in [-0.4, -0.2) is 62.0 Å². The zero-order chi connectivity index (χ0) is 17.9. The molecule has 0 aromatic heterocycles. The normalized spacial score (nSPS) is 50.5. The molecule has 5 fully saturated rings. The number of hydrogen-bond donors (Lipinski definition) is 0. The van der Waals surface area contributed by atoms with Crippen LogP contribution in [0.2, 0.25) is 0 Å². The summed E-state index contributed by atoms with van der Waals surface area (Å²) in [6, 6.07) is 0.466. The summed E-state index contributed by atoms with van der Waals surface area (Å²) >= 11 is 0. The molecule has 1 spiro atoms. The number of likely N-dealkylation sites (tertiary alicyclic amines) is 1. The third-order valence-electron chi connectivity index (χ3n) is 8.37. The number of esters is 1. The monoisotopic (exact) mass is 363 g/mol. The van der Waals surface area contributed by atoms with E-state index >= 15 is 0 Å². The highest BCUT2D eigenvalue weighted by atomic mass is 16.6. The maximum absolute atomic E-state index is 12.8. The number of rotatable bonds is 4. The molecule has 146 valence electrons. The summed E-state index contributed by atoms with van der Waals surface area (Å²) in [4.78, 5) is 15.3. The predicted molar refractivity (Wildman–Crippen MR) is 96.7 cm³/mol. The largest absolute Gasteiger partial charge is 0.462 e. The Balaban J connectivity index is 1.34. The first kappa shape index (κ1) is 17.4. The molecule has 2 saturated carbocycles. The third kappa shape index (κ3) is 2.65. The van der Waals surface area contributed by atoms with E-state index in [1.807, 2.05) is 0 Å². The number of hydrogen-bond acceptors (Lipinski definition) is 5. The van der Waals surface area contributed by atoms with Crippen LogP contribution in [0, 0.1) is 23.2 Å². The Bertz CT molecular complexity index is 576. The van der Waals surface area contributed by atoms with Crippen LogP contribution >= 0.6 is 0 Å². The van der Waals surface area contributed by atoms with Crippen molar-refractivity contribution in [3.05, 3.63) is 0 Å². The van der Waals surface area contributed by atoms with Gasteiger partial charge in [0, 0.05) is 25.6 Å². The minimum Gasteiger partial charge on any atom is -0.462 e. The van der Waals surface area contributed by atoms with Gasteiger partial charge in [0.15, 0.2) is 0 Å². The molecule has 0 amide bonds. The maximum Gasteiger partial charge on any atom is 0.310 e. The quantitative estimate of drug-likeness (QED) is 0.568. The zero-order valence-corrected chi connectivity index (χ0v) is 16.2. The molecule has 0 N–H and O–H groups in total. The van der Waals surface area contributed by atoms with Crippen molar-refractivity contribution in [1.82, 2.24) is 4.90 Å². The van der Waals surface area contributed by atoms with Crippen LogP contribution in [0.4, 0.5) is 0 Å². The summed E-state index contributed by atoms with van der Waals surface area (Å²) in [7, 11) is 1.77. The average molecular weight is 363 g/mol. The number of nitrogens with zero attached hydrogens (tertiary/aromatic N) is 1. The Morgan fingerprint density at radius 3 is 2.92 bits per heavy atom. The summed E-state index contributed by atoms with van der Waals surface area (Å²) in [5.74, 6) is 1.08. The lowest BCUT2D eigenvalue weighted by Crippen LogP contribution is -2.51. The molecule has 7 atom stereocenters. The van der Waals surface area contributed by atoms with Gasteiger partial charge in [-0.15, -0.1) is 0 Å². The van der Waals surface area contributed by atoms with E-state index in [0.717, 1.165) is 39.1 Å². The molecule has 3 heterocycles. The standard InChI is InChI=1S/C21H33NO4/c1-20-6-4-7-21(13-25-21)18(20)9-15-16(19(23)26-17(15)10-20)11-22-8-3-5-14(22)12-24-2/h14-18H,3-13H2,1-2H3/t14-,15-,16-,17-,18-,20-,21-/m1/s1. The topological polar surface area (TPSA) is 51.3 Å². The molecule has 0 bridgehead atoms. The van der Waals surface area contributed by atoms with Gasteiger partial charge in [-0.05, 0) is 62.8 Å². The van der Waals surface area contributed by atoms with Gasteiger partial charge >= 0.3 is 5.97 Å². The van der Waals surface area contributed by atoms with Crippen molar-refractivity contribution in [3.8, 4) is 0 Å². The molecule has 3 saturated heterocycles. The number of epoxide rings is 1. The Morgan fingerprint density at radius 1 is 1.31 bits per heavy atom. The molecular formula is C21H33NO4. The Morgan fingerprint density at radius 2 is 2.15 bits per heavy atom. The van der Waals surface area contributed by atoms with Gasteiger partial charge in [-0.2, -0.15) is 0 Å². The van der Waals surface area contributed by atoms with Gasteiger partial charge in [0.25, 0.3) is 0 Å². The second-order valence-electron chi connectivity index (χ2n) is 9.85. The maximum atomic E-state index is 12.8. The fourth-order valence-corrected chi connectivity index (χ4v) is 6.93. The molecule has 5 aliphatic rings. The summed E-state index contributed by atoms with van der Waals surface area (Å²) in [6.07, 6.45) is 8.41. The van der Waals surface area contributed by atoms with E-state index in [1.165, 1.54) is 32.1 Å². The minimum atomic E-state index is 0.0414. The van der Waals surface area contributed by atoms with Crippen LogP contribution in [0.3, 0.4) is 0 Å². The number of ether oxygens (including phenoxy) is 3. The molecule has 0 radical (unpaired) electrons. The zero-order valence-electron chi connectivity index (χ0n) is 16.2. The SMILES string of the molecule is COC[C@H]1CCCN1C[C@H]1C(=O)O[C@@H]2C[C@@]3(C)CCC[C@@]4(CO4)[C@@H]3C[C@@H]21. The Labute approximate surface area is 156 Å². The van der Waals surface area contributed by atoms with Crippen molar-refractivity contribution >= 4 is 5.97 Å². The molecule has 5 heteroatoms.